The lowest BCUT2D eigenvalue weighted by atomic mass is 9.85. The molecule has 3 fully saturated rings. The summed E-state index contributed by atoms with van der Waals surface area (Å²) in [5.41, 5.74) is 1.14. The molecule has 0 aromatic heterocycles. The summed E-state index contributed by atoms with van der Waals surface area (Å²) < 4.78 is 6.02. The van der Waals surface area contributed by atoms with E-state index in [2.05, 4.69) is 17.4 Å². The maximum atomic E-state index is 13.0. The minimum Gasteiger partial charge on any atom is -0.462 e. The number of rotatable bonds is 4. The number of ether oxygens (including phenoxy) is 1. The highest BCUT2D eigenvalue weighted by molar-refractivity contribution is 5.78. The summed E-state index contributed by atoms with van der Waals surface area (Å²) in [5, 5.41) is 3.62. The van der Waals surface area contributed by atoms with E-state index < -0.39 is 0 Å². The van der Waals surface area contributed by atoms with Crippen LogP contribution in [0.15, 0.2) is 30.3 Å². The van der Waals surface area contributed by atoms with E-state index in [4.69, 9.17) is 4.74 Å². The van der Waals surface area contributed by atoms with Gasteiger partial charge >= 0.3 is 5.97 Å². The molecule has 0 amide bonds. The molecule has 2 heterocycles. The van der Waals surface area contributed by atoms with Crippen LogP contribution in [0.3, 0.4) is 0 Å². The largest absolute Gasteiger partial charge is 0.462 e. The second kappa shape index (κ2) is 6.64. The summed E-state index contributed by atoms with van der Waals surface area (Å²) in [7, 11) is 0. The minimum atomic E-state index is -0.0637. The van der Waals surface area contributed by atoms with Crippen molar-refractivity contribution in [3.05, 3.63) is 35.9 Å². The Morgan fingerprint density at radius 1 is 1.00 bits per heavy atom. The van der Waals surface area contributed by atoms with Crippen LogP contribution in [0.25, 0.3) is 0 Å². The van der Waals surface area contributed by atoms with Crippen molar-refractivity contribution in [2.45, 2.75) is 75.5 Å². The Morgan fingerprint density at radius 2 is 1.65 bits per heavy atom. The van der Waals surface area contributed by atoms with Gasteiger partial charge in [-0.2, -0.15) is 0 Å². The molecule has 2 aliphatic heterocycles. The van der Waals surface area contributed by atoms with Gasteiger partial charge < -0.3 is 10.1 Å². The summed E-state index contributed by atoms with van der Waals surface area (Å²) >= 11 is 0. The highest BCUT2D eigenvalue weighted by Gasteiger charge is 2.38. The van der Waals surface area contributed by atoms with Gasteiger partial charge in [0.15, 0.2) is 0 Å². The van der Waals surface area contributed by atoms with Crippen LogP contribution in [0.4, 0.5) is 0 Å². The zero-order valence-corrected chi connectivity index (χ0v) is 13.7. The Kier molecular flexibility index (Phi) is 4.39. The van der Waals surface area contributed by atoms with E-state index in [9.17, 15) is 4.79 Å². The average Bonchev–Trinajstić information content (AvgIpc) is 3.19. The van der Waals surface area contributed by atoms with Gasteiger partial charge in [-0.3, -0.25) is 4.79 Å². The molecule has 2 unspecified atom stereocenters. The molecule has 4 atom stereocenters. The number of carbonyl (C=O) groups excluding carboxylic acids is 1. The zero-order chi connectivity index (χ0) is 15.6. The molecule has 2 saturated heterocycles. The fraction of sp³-hybridized carbons (Fsp3) is 0.650. The van der Waals surface area contributed by atoms with E-state index in [-0.39, 0.29) is 18.0 Å². The van der Waals surface area contributed by atoms with E-state index in [0.29, 0.717) is 18.0 Å². The van der Waals surface area contributed by atoms with Crippen LogP contribution in [0.1, 0.15) is 62.8 Å². The molecule has 23 heavy (non-hydrogen) atoms. The van der Waals surface area contributed by atoms with Crippen LogP contribution in [0.2, 0.25) is 0 Å². The van der Waals surface area contributed by atoms with Gasteiger partial charge in [0.1, 0.15) is 6.10 Å². The van der Waals surface area contributed by atoms with Crippen LogP contribution in [0.5, 0.6) is 0 Å². The molecule has 0 spiro atoms. The van der Waals surface area contributed by atoms with E-state index in [1.54, 1.807) is 0 Å². The van der Waals surface area contributed by atoms with Crippen molar-refractivity contribution in [3.8, 4) is 0 Å². The van der Waals surface area contributed by atoms with Crippen molar-refractivity contribution in [2.24, 2.45) is 5.92 Å². The van der Waals surface area contributed by atoms with Gasteiger partial charge in [0, 0.05) is 12.1 Å². The number of piperidine rings is 1. The molecule has 3 nitrogen and oxygen atoms in total. The van der Waals surface area contributed by atoms with Crippen molar-refractivity contribution in [1.29, 1.82) is 0 Å². The molecule has 2 bridgehead atoms. The van der Waals surface area contributed by atoms with Crippen molar-refractivity contribution in [3.63, 3.8) is 0 Å². The number of esters is 1. The maximum Gasteiger partial charge on any atom is 0.313 e. The number of fused-ring (bicyclic) bond motifs is 2. The van der Waals surface area contributed by atoms with Gasteiger partial charge in [-0.25, -0.2) is 0 Å². The smallest absolute Gasteiger partial charge is 0.313 e. The summed E-state index contributed by atoms with van der Waals surface area (Å²) in [4.78, 5) is 13.0. The highest BCUT2D eigenvalue weighted by atomic mass is 16.5. The first-order valence-corrected chi connectivity index (χ1v) is 9.31. The second-order valence-electron chi connectivity index (χ2n) is 7.60. The van der Waals surface area contributed by atoms with Gasteiger partial charge in [0.25, 0.3) is 0 Å². The molecular weight excluding hydrogens is 286 g/mol. The third-order valence-corrected chi connectivity index (χ3v) is 6.00. The van der Waals surface area contributed by atoms with Crippen LogP contribution in [-0.4, -0.2) is 24.2 Å². The molecule has 1 N–H and O–H groups in total. The Balaban J connectivity index is 1.48. The fourth-order valence-corrected chi connectivity index (χ4v) is 4.89. The summed E-state index contributed by atoms with van der Waals surface area (Å²) in [6.45, 7) is 0. The molecule has 3 heteroatoms. The normalized spacial score (nSPS) is 31.9. The molecule has 1 aromatic carbocycles. The standard InChI is InChI=1S/C20H27NO2/c22-20(23-18-12-16-10-11-17(13-18)21-16)19(15-8-4-5-9-15)14-6-2-1-3-7-14/h1-3,6-7,15-19,21H,4-5,8-13H2/t16-,17+,18?,19?. The maximum absolute atomic E-state index is 13.0. The Labute approximate surface area is 138 Å². The second-order valence-corrected chi connectivity index (χ2v) is 7.60. The Hall–Kier alpha value is -1.35. The average molecular weight is 313 g/mol. The first-order chi connectivity index (χ1) is 11.3. The van der Waals surface area contributed by atoms with Crippen molar-refractivity contribution in [2.75, 3.05) is 0 Å². The van der Waals surface area contributed by atoms with Crippen LogP contribution < -0.4 is 5.32 Å². The third kappa shape index (κ3) is 3.30. The predicted octanol–water partition coefficient (Wildman–Crippen LogP) is 3.79. The van der Waals surface area contributed by atoms with Crippen molar-refractivity contribution >= 4 is 5.97 Å². The molecular formula is C20H27NO2. The van der Waals surface area contributed by atoms with E-state index in [0.717, 1.165) is 31.2 Å². The summed E-state index contributed by atoms with van der Waals surface area (Å²) in [5.74, 6) is 0.420. The minimum absolute atomic E-state index is 0.0226. The van der Waals surface area contributed by atoms with E-state index >= 15 is 0 Å². The van der Waals surface area contributed by atoms with E-state index in [1.165, 1.54) is 25.7 Å². The summed E-state index contributed by atoms with van der Waals surface area (Å²) in [6, 6.07) is 11.4. The topological polar surface area (TPSA) is 38.3 Å². The monoisotopic (exact) mass is 313 g/mol. The SMILES string of the molecule is O=C(OC1C[C@H]2CC[C@@H](C1)N2)C(c1ccccc1)C1CCCC1. The van der Waals surface area contributed by atoms with Crippen molar-refractivity contribution < 1.29 is 9.53 Å². The molecule has 124 valence electrons. The lowest BCUT2D eigenvalue weighted by molar-refractivity contribution is -0.154. The molecule has 0 radical (unpaired) electrons. The predicted molar refractivity (Wildman–Crippen MR) is 90.2 cm³/mol. The fourth-order valence-electron chi connectivity index (χ4n) is 4.89. The van der Waals surface area contributed by atoms with Gasteiger partial charge in [-0.05, 0) is 50.0 Å². The highest BCUT2D eigenvalue weighted by Crippen LogP contribution is 2.39. The van der Waals surface area contributed by atoms with Crippen LogP contribution in [0, 0.1) is 5.92 Å². The Morgan fingerprint density at radius 3 is 2.30 bits per heavy atom. The van der Waals surface area contributed by atoms with Crippen LogP contribution in [-0.2, 0) is 9.53 Å². The lowest BCUT2D eigenvalue weighted by Gasteiger charge is -2.31. The van der Waals surface area contributed by atoms with Crippen molar-refractivity contribution in [1.82, 2.24) is 5.32 Å². The number of carbonyl (C=O) groups is 1. The van der Waals surface area contributed by atoms with E-state index in [1.807, 2.05) is 18.2 Å². The first-order valence-electron chi connectivity index (χ1n) is 9.31. The van der Waals surface area contributed by atoms with Gasteiger partial charge in [-0.1, -0.05) is 43.2 Å². The molecule has 4 rings (SSSR count). The molecule has 1 aliphatic carbocycles. The zero-order valence-electron chi connectivity index (χ0n) is 13.7. The molecule has 1 aromatic rings. The quantitative estimate of drug-likeness (QED) is 0.860. The number of nitrogens with one attached hydrogen (secondary N) is 1. The number of hydrogen-bond acceptors (Lipinski definition) is 3. The Bertz CT molecular complexity index is 526. The molecule has 3 aliphatic rings. The number of benzene rings is 1. The molecule has 1 saturated carbocycles. The third-order valence-electron chi connectivity index (χ3n) is 6.00. The van der Waals surface area contributed by atoms with Gasteiger partial charge in [-0.15, -0.1) is 0 Å². The van der Waals surface area contributed by atoms with Crippen LogP contribution >= 0.6 is 0 Å². The lowest BCUT2D eigenvalue weighted by Crippen LogP contribution is -2.42. The summed E-state index contributed by atoms with van der Waals surface area (Å²) in [6.07, 6.45) is 9.40. The van der Waals surface area contributed by atoms with Gasteiger partial charge in [0.05, 0.1) is 5.92 Å². The first kappa shape index (κ1) is 15.2. The number of hydrogen-bond donors (Lipinski definition) is 1. The van der Waals surface area contributed by atoms with Gasteiger partial charge in [0.2, 0.25) is 0 Å².